The summed E-state index contributed by atoms with van der Waals surface area (Å²) in [5, 5.41) is 2.70. The second-order valence-corrected chi connectivity index (χ2v) is 4.87. The highest BCUT2D eigenvalue weighted by atomic mass is 19.4. The minimum atomic E-state index is -4.38. The number of benzene rings is 2. The molecule has 0 aliphatic carbocycles. The lowest BCUT2D eigenvalue weighted by Gasteiger charge is -2.11. The number of hydrogen-bond donors (Lipinski definition) is 1. The Morgan fingerprint density at radius 1 is 1.09 bits per heavy atom. The third kappa shape index (κ3) is 4.32. The van der Waals surface area contributed by atoms with E-state index in [-0.39, 0.29) is 5.91 Å². The normalized spacial score (nSPS) is 11.3. The predicted molar refractivity (Wildman–Crippen MR) is 81.1 cm³/mol. The highest BCUT2D eigenvalue weighted by Gasteiger charge is 2.30. The summed E-state index contributed by atoms with van der Waals surface area (Å²) < 4.78 is 42.7. The summed E-state index contributed by atoms with van der Waals surface area (Å²) in [7, 11) is 1.53. The molecule has 0 saturated carbocycles. The maximum Gasteiger partial charge on any atom is 0.416 e. The average Bonchev–Trinajstić information content (AvgIpc) is 2.54. The van der Waals surface area contributed by atoms with E-state index >= 15 is 0 Å². The number of halogens is 3. The molecule has 0 bridgehead atoms. The molecule has 0 aliphatic heterocycles. The molecule has 2 rings (SSSR count). The van der Waals surface area contributed by atoms with Gasteiger partial charge in [0.1, 0.15) is 0 Å². The van der Waals surface area contributed by atoms with Gasteiger partial charge in [-0.2, -0.15) is 13.2 Å². The smallest absolute Gasteiger partial charge is 0.383 e. The fourth-order valence-corrected chi connectivity index (χ4v) is 2.13. The fraction of sp³-hybridized carbons (Fsp3) is 0.235. The van der Waals surface area contributed by atoms with E-state index in [1.165, 1.54) is 19.2 Å². The van der Waals surface area contributed by atoms with Crippen LogP contribution in [-0.4, -0.2) is 26.2 Å². The molecule has 0 spiro atoms. The van der Waals surface area contributed by atoms with Crippen LogP contribution in [0.2, 0.25) is 0 Å². The van der Waals surface area contributed by atoms with Gasteiger partial charge in [0, 0.05) is 19.2 Å². The molecule has 122 valence electrons. The summed E-state index contributed by atoms with van der Waals surface area (Å²) in [4.78, 5) is 12.2. The van der Waals surface area contributed by atoms with Gasteiger partial charge in [0.05, 0.1) is 12.2 Å². The van der Waals surface area contributed by atoms with Gasteiger partial charge in [-0.15, -0.1) is 0 Å². The Morgan fingerprint density at radius 3 is 2.35 bits per heavy atom. The summed E-state index contributed by atoms with van der Waals surface area (Å²) in [5.41, 5.74) is 0.818. The lowest BCUT2D eigenvalue weighted by atomic mass is 9.98. The molecule has 1 amide bonds. The lowest BCUT2D eigenvalue weighted by molar-refractivity contribution is -0.137. The van der Waals surface area contributed by atoms with Crippen LogP contribution in [0.1, 0.15) is 15.9 Å². The first-order valence-corrected chi connectivity index (χ1v) is 6.97. The molecule has 0 saturated heterocycles. The first-order valence-electron chi connectivity index (χ1n) is 6.97. The molecule has 2 aromatic rings. The molecule has 1 N–H and O–H groups in total. The summed E-state index contributed by atoms with van der Waals surface area (Å²) in [6.45, 7) is 0.741. The third-order valence-electron chi connectivity index (χ3n) is 3.29. The van der Waals surface area contributed by atoms with Crippen molar-refractivity contribution in [3.05, 3.63) is 59.7 Å². The Balaban J connectivity index is 2.28. The minimum Gasteiger partial charge on any atom is -0.383 e. The molecule has 2 aromatic carbocycles. The van der Waals surface area contributed by atoms with Crippen molar-refractivity contribution in [3.63, 3.8) is 0 Å². The number of carbonyl (C=O) groups excluding carboxylic acids is 1. The van der Waals surface area contributed by atoms with Crippen LogP contribution in [0.15, 0.2) is 48.5 Å². The van der Waals surface area contributed by atoms with Gasteiger partial charge in [-0.3, -0.25) is 4.79 Å². The molecule has 0 fully saturated rings. The van der Waals surface area contributed by atoms with Crippen molar-refractivity contribution in [2.45, 2.75) is 6.18 Å². The fourth-order valence-electron chi connectivity index (χ4n) is 2.13. The zero-order valence-electron chi connectivity index (χ0n) is 12.5. The van der Waals surface area contributed by atoms with Crippen LogP contribution in [-0.2, 0) is 10.9 Å². The van der Waals surface area contributed by atoms with Gasteiger partial charge in [-0.05, 0) is 29.3 Å². The Kier molecular flexibility index (Phi) is 5.39. The van der Waals surface area contributed by atoms with Crippen LogP contribution < -0.4 is 5.32 Å². The third-order valence-corrected chi connectivity index (χ3v) is 3.29. The molecule has 0 aromatic heterocycles. The molecule has 0 atom stereocenters. The highest BCUT2D eigenvalue weighted by Crippen LogP contribution is 2.31. The molecule has 0 unspecified atom stereocenters. The van der Waals surface area contributed by atoms with Gasteiger partial charge in [0.15, 0.2) is 0 Å². The SMILES string of the molecule is COCCNC(=O)c1ccccc1-c1ccc(C(F)(F)F)cc1. The van der Waals surface area contributed by atoms with Gasteiger partial charge in [-0.1, -0.05) is 30.3 Å². The van der Waals surface area contributed by atoms with Gasteiger partial charge in [0.2, 0.25) is 0 Å². The van der Waals surface area contributed by atoms with Crippen LogP contribution in [0, 0.1) is 0 Å². The number of alkyl halides is 3. The number of ether oxygens (including phenoxy) is 1. The molecule has 6 heteroatoms. The van der Waals surface area contributed by atoms with Crippen LogP contribution in [0.4, 0.5) is 13.2 Å². The molecule has 0 aliphatic rings. The highest BCUT2D eigenvalue weighted by molar-refractivity contribution is 6.00. The van der Waals surface area contributed by atoms with Crippen molar-refractivity contribution in [1.29, 1.82) is 0 Å². The Labute approximate surface area is 132 Å². The van der Waals surface area contributed by atoms with E-state index in [1.54, 1.807) is 24.3 Å². The monoisotopic (exact) mass is 323 g/mol. The van der Waals surface area contributed by atoms with E-state index in [4.69, 9.17) is 4.74 Å². The van der Waals surface area contributed by atoms with E-state index in [0.717, 1.165) is 12.1 Å². The van der Waals surface area contributed by atoms with Gasteiger partial charge >= 0.3 is 6.18 Å². The number of rotatable bonds is 5. The van der Waals surface area contributed by atoms with Crippen molar-refractivity contribution in [2.24, 2.45) is 0 Å². The second kappa shape index (κ2) is 7.28. The molecule has 0 heterocycles. The van der Waals surface area contributed by atoms with Crippen molar-refractivity contribution in [1.82, 2.24) is 5.32 Å². The van der Waals surface area contributed by atoms with Gasteiger partial charge in [-0.25, -0.2) is 0 Å². The Bertz CT molecular complexity index is 666. The molecular formula is C17H16F3NO2. The Hall–Kier alpha value is -2.34. The molecular weight excluding hydrogens is 307 g/mol. The zero-order chi connectivity index (χ0) is 16.9. The van der Waals surface area contributed by atoms with Crippen LogP contribution in [0.25, 0.3) is 11.1 Å². The standard InChI is InChI=1S/C17H16F3NO2/c1-23-11-10-21-16(22)15-5-3-2-4-14(15)12-6-8-13(9-7-12)17(18,19)20/h2-9H,10-11H2,1H3,(H,21,22). The number of carbonyl (C=O) groups is 1. The maximum atomic E-state index is 12.6. The van der Waals surface area contributed by atoms with Crippen LogP contribution >= 0.6 is 0 Å². The first kappa shape index (κ1) is 17.0. The number of methoxy groups -OCH3 is 1. The van der Waals surface area contributed by atoms with E-state index < -0.39 is 11.7 Å². The Morgan fingerprint density at radius 2 is 1.74 bits per heavy atom. The van der Waals surface area contributed by atoms with E-state index in [2.05, 4.69) is 5.32 Å². The van der Waals surface area contributed by atoms with Crippen LogP contribution in [0.5, 0.6) is 0 Å². The largest absolute Gasteiger partial charge is 0.416 e. The number of nitrogens with one attached hydrogen (secondary N) is 1. The van der Waals surface area contributed by atoms with E-state index in [9.17, 15) is 18.0 Å². The average molecular weight is 323 g/mol. The second-order valence-electron chi connectivity index (χ2n) is 4.87. The van der Waals surface area contributed by atoms with Crippen molar-refractivity contribution in [3.8, 4) is 11.1 Å². The van der Waals surface area contributed by atoms with Crippen molar-refractivity contribution >= 4 is 5.91 Å². The van der Waals surface area contributed by atoms with E-state index in [1.807, 2.05) is 0 Å². The van der Waals surface area contributed by atoms with Crippen molar-refractivity contribution in [2.75, 3.05) is 20.3 Å². The topological polar surface area (TPSA) is 38.3 Å². The van der Waals surface area contributed by atoms with Crippen LogP contribution in [0.3, 0.4) is 0 Å². The summed E-state index contributed by atoms with van der Waals surface area (Å²) in [6, 6.07) is 11.5. The quantitative estimate of drug-likeness (QED) is 0.851. The van der Waals surface area contributed by atoms with Crippen molar-refractivity contribution < 1.29 is 22.7 Å². The van der Waals surface area contributed by atoms with E-state index in [0.29, 0.717) is 29.8 Å². The first-order chi connectivity index (χ1) is 10.9. The molecule has 0 radical (unpaired) electrons. The maximum absolute atomic E-state index is 12.6. The predicted octanol–water partition coefficient (Wildman–Crippen LogP) is 3.75. The minimum absolute atomic E-state index is 0.294. The summed E-state index contributed by atoms with van der Waals surface area (Å²) >= 11 is 0. The molecule has 23 heavy (non-hydrogen) atoms. The number of hydrogen-bond acceptors (Lipinski definition) is 2. The zero-order valence-corrected chi connectivity index (χ0v) is 12.5. The molecule has 3 nitrogen and oxygen atoms in total. The summed E-state index contributed by atoms with van der Waals surface area (Å²) in [6.07, 6.45) is -4.38. The lowest BCUT2D eigenvalue weighted by Crippen LogP contribution is -2.27. The number of amides is 1. The summed E-state index contributed by atoms with van der Waals surface area (Å²) in [5.74, 6) is -0.294. The van der Waals surface area contributed by atoms with Gasteiger partial charge in [0.25, 0.3) is 5.91 Å². The van der Waals surface area contributed by atoms with Gasteiger partial charge < -0.3 is 10.1 Å².